The van der Waals surface area contributed by atoms with E-state index in [0.717, 1.165) is 27.5 Å². The van der Waals surface area contributed by atoms with Crippen LogP contribution in [0, 0.1) is 36.5 Å². The zero-order valence-corrected chi connectivity index (χ0v) is 28.3. The molecule has 2 saturated carbocycles. The van der Waals surface area contributed by atoms with E-state index in [0.29, 0.717) is 22.7 Å². The van der Waals surface area contributed by atoms with Gasteiger partial charge in [0.2, 0.25) is 11.8 Å². The van der Waals surface area contributed by atoms with Gasteiger partial charge >= 0.3 is 10.8 Å². The van der Waals surface area contributed by atoms with Crippen LogP contribution in [0.2, 0.25) is 0 Å². The number of esters is 1. The van der Waals surface area contributed by atoms with Gasteiger partial charge in [0, 0.05) is 21.7 Å². The van der Waals surface area contributed by atoms with Crippen LogP contribution in [-0.2, 0) is 19.1 Å². The van der Waals surface area contributed by atoms with Crippen molar-refractivity contribution in [1.82, 2.24) is 4.98 Å². The van der Waals surface area contributed by atoms with E-state index in [1.807, 2.05) is 49.4 Å². The number of thioether (sulfide) groups is 1. The van der Waals surface area contributed by atoms with Crippen LogP contribution < -0.4 is 19.8 Å². The van der Waals surface area contributed by atoms with Gasteiger partial charge in [0.25, 0.3) is 5.91 Å². The molecule has 3 heterocycles. The number of thiazole rings is 1. The Bertz CT molecular complexity index is 2040. The molecule has 1 aromatic heterocycles. The van der Waals surface area contributed by atoms with Crippen molar-refractivity contribution in [3.05, 3.63) is 104 Å². The van der Waals surface area contributed by atoms with Crippen LogP contribution in [0.5, 0.6) is 5.75 Å². The third kappa shape index (κ3) is 5.37. The van der Waals surface area contributed by atoms with E-state index < -0.39 is 11.9 Å². The highest BCUT2D eigenvalue weighted by atomic mass is 32.2. The van der Waals surface area contributed by atoms with Gasteiger partial charge in [0.1, 0.15) is 5.75 Å². The van der Waals surface area contributed by atoms with E-state index in [2.05, 4.69) is 10.3 Å². The molecule has 2 N–H and O–H groups in total. The number of rotatable bonds is 8. The Kier molecular flexibility index (Phi) is 7.95. The van der Waals surface area contributed by atoms with Crippen molar-refractivity contribution in [3.63, 3.8) is 0 Å². The van der Waals surface area contributed by atoms with Crippen molar-refractivity contribution < 1.29 is 28.7 Å². The summed E-state index contributed by atoms with van der Waals surface area (Å²) in [5, 5.41) is 3.68. The van der Waals surface area contributed by atoms with Gasteiger partial charge in [0.05, 0.1) is 34.7 Å². The first-order chi connectivity index (χ1) is 23.7. The van der Waals surface area contributed by atoms with E-state index in [1.165, 1.54) is 16.2 Å². The van der Waals surface area contributed by atoms with Crippen LogP contribution in [0.3, 0.4) is 0 Å². The Labute approximate surface area is 290 Å². The minimum Gasteiger partial charge on any atom is -0.484 e. The number of imide groups is 1. The molecule has 3 aromatic carbocycles. The first-order valence-electron chi connectivity index (χ1n) is 16.4. The third-order valence-electron chi connectivity index (χ3n) is 10.3. The van der Waals surface area contributed by atoms with Gasteiger partial charge in [-0.15, -0.1) is 11.8 Å². The topological polar surface area (TPSA) is 135 Å². The summed E-state index contributed by atoms with van der Waals surface area (Å²) in [6.07, 6.45) is 0.795. The number of carbonyl (C=O) groups is 4. The second kappa shape index (κ2) is 12.3. The van der Waals surface area contributed by atoms with E-state index in [9.17, 15) is 24.0 Å². The van der Waals surface area contributed by atoms with Gasteiger partial charge in [-0.3, -0.25) is 24.1 Å². The van der Waals surface area contributed by atoms with Gasteiger partial charge < -0.3 is 19.8 Å². The number of amides is 3. The van der Waals surface area contributed by atoms with Crippen LogP contribution in [-0.4, -0.2) is 47.1 Å². The molecule has 12 heteroatoms. The molecule has 0 spiro atoms. The highest BCUT2D eigenvalue weighted by Gasteiger charge is 2.69. The number of hydrogen-bond acceptors (Lipinski definition) is 9. The zero-order valence-electron chi connectivity index (χ0n) is 26.7. The number of hydrogen-bond donors (Lipinski definition) is 2. The van der Waals surface area contributed by atoms with Crippen LogP contribution in [0.15, 0.2) is 82.6 Å². The largest absolute Gasteiger partial charge is 0.484 e. The fraction of sp³-hybridized carbons (Fsp3) is 0.324. The second-order valence-corrected chi connectivity index (χ2v) is 15.2. The maximum atomic E-state index is 14.0. The number of fused-ring (bicyclic) bond motifs is 9. The molecule has 4 aliphatic rings. The van der Waals surface area contributed by atoms with Crippen LogP contribution in [0.4, 0.5) is 11.4 Å². The van der Waals surface area contributed by atoms with E-state index in [-0.39, 0.29) is 70.6 Å². The van der Waals surface area contributed by atoms with Crippen LogP contribution in [0.25, 0.3) is 0 Å². The smallest absolute Gasteiger partial charge is 0.338 e. The van der Waals surface area contributed by atoms with Crippen molar-refractivity contribution in [3.8, 4) is 5.75 Å². The predicted molar refractivity (Wildman–Crippen MR) is 185 cm³/mol. The molecule has 3 fully saturated rings. The molecule has 4 aromatic rings. The van der Waals surface area contributed by atoms with E-state index >= 15 is 0 Å². The number of carbonyl (C=O) groups excluding carboxylic acids is 4. The molecule has 0 unspecified atom stereocenters. The van der Waals surface area contributed by atoms with E-state index in [4.69, 9.17) is 9.47 Å². The number of nitrogens with one attached hydrogen (secondary N) is 2. The lowest BCUT2D eigenvalue weighted by Gasteiger charge is -2.43. The van der Waals surface area contributed by atoms with Crippen molar-refractivity contribution in [1.29, 1.82) is 0 Å². The molecule has 49 heavy (non-hydrogen) atoms. The molecular formula is C37H33N3O7S2. The molecule has 8 rings (SSSR count). The average molecular weight is 696 g/mol. The van der Waals surface area contributed by atoms with Crippen LogP contribution in [0.1, 0.15) is 45.6 Å². The Balaban J connectivity index is 1.03. The fourth-order valence-electron chi connectivity index (χ4n) is 8.39. The molecule has 2 aliphatic carbocycles. The maximum Gasteiger partial charge on any atom is 0.338 e. The lowest BCUT2D eigenvalue weighted by molar-refractivity contribution is -0.123. The van der Waals surface area contributed by atoms with Gasteiger partial charge in [-0.05, 0) is 92.1 Å². The van der Waals surface area contributed by atoms with Gasteiger partial charge in [-0.1, -0.05) is 41.2 Å². The second-order valence-electron chi connectivity index (χ2n) is 13.0. The molecule has 250 valence electrons. The highest BCUT2D eigenvalue weighted by molar-refractivity contribution is 8.00. The van der Waals surface area contributed by atoms with Gasteiger partial charge in [0.15, 0.2) is 6.61 Å². The van der Waals surface area contributed by atoms with Gasteiger partial charge in [-0.25, -0.2) is 4.79 Å². The Morgan fingerprint density at radius 1 is 0.959 bits per heavy atom. The monoisotopic (exact) mass is 695 g/mol. The fourth-order valence-corrected chi connectivity index (χ4v) is 11.3. The number of ether oxygens (including phenoxy) is 2. The SMILES string of the molecule is CCOC(=O)c1ccc(NC(=O)COc2cccc([C@@H]3c4sc(=O)[nH]c4S[C@@H]4[C@@H]5C[C@@H]([C@@H]6C(=O)N(c7ccc(C)cc7)C(=O)[C@@H]56)[C@H]34)c2)cc1. The number of aryl methyl sites for hydroxylation is 1. The minimum atomic E-state index is -0.427. The summed E-state index contributed by atoms with van der Waals surface area (Å²) in [6.45, 7) is 3.75. The molecule has 2 aliphatic heterocycles. The summed E-state index contributed by atoms with van der Waals surface area (Å²) in [6, 6.07) is 21.5. The van der Waals surface area contributed by atoms with Crippen molar-refractivity contribution in [2.24, 2.45) is 29.6 Å². The molecule has 7 atom stereocenters. The third-order valence-corrected chi connectivity index (χ3v) is 12.9. The number of aromatic nitrogens is 1. The lowest BCUT2D eigenvalue weighted by atomic mass is 9.68. The normalized spacial score (nSPS) is 26.2. The number of aromatic amines is 1. The molecule has 1 saturated heterocycles. The Hall–Kier alpha value is -4.68. The highest BCUT2D eigenvalue weighted by Crippen LogP contribution is 2.68. The number of H-pyrrole nitrogens is 1. The minimum absolute atomic E-state index is 0.0136. The molecule has 2 bridgehead atoms. The van der Waals surface area contributed by atoms with E-state index in [1.54, 1.807) is 49.0 Å². The molecule has 10 nitrogen and oxygen atoms in total. The first-order valence-corrected chi connectivity index (χ1v) is 18.1. The summed E-state index contributed by atoms with van der Waals surface area (Å²) in [7, 11) is 0. The first kappa shape index (κ1) is 31.6. The summed E-state index contributed by atoms with van der Waals surface area (Å²) < 4.78 is 10.9. The summed E-state index contributed by atoms with van der Waals surface area (Å²) >= 11 is 2.85. The average Bonchev–Trinajstić information content (AvgIpc) is 3.83. The quantitative estimate of drug-likeness (QED) is 0.179. The molecule has 3 amide bonds. The van der Waals surface area contributed by atoms with Crippen molar-refractivity contribution in [2.45, 2.75) is 36.5 Å². The number of anilines is 2. The predicted octanol–water partition coefficient (Wildman–Crippen LogP) is 5.62. The summed E-state index contributed by atoms with van der Waals surface area (Å²) in [4.78, 5) is 70.5. The number of benzene rings is 3. The van der Waals surface area contributed by atoms with Gasteiger partial charge in [-0.2, -0.15) is 0 Å². The molecule has 0 radical (unpaired) electrons. The van der Waals surface area contributed by atoms with Crippen molar-refractivity contribution in [2.75, 3.05) is 23.4 Å². The Morgan fingerprint density at radius 2 is 1.69 bits per heavy atom. The summed E-state index contributed by atoms with van der Waals surface area (Å²) in [5.74, 6) is -1.41. The summed E-state index contributed by atoms with van der Waals surface area (Å²) in [5.41, 5.74) is 3.53. The maximum absolute atomic E-state index is 14.0. The lowest BCUT2D eigenvalue weighted by Crippen LogP contribution is -2.42. The van der Waals surface area contributed by atoms with Crippen molar-refractivity contribution >= 4 is 58.2 Å². The Morgan fingerprint density at radius 3 is 2.43 bits per heavy atom. The molecular weight excluding hydrogens is 663 g/mol. The standard InChI is InChI=1S/C37H33N3O7S2/c1-3-46-36(44)19-9-11-21(12-10-19)38-26(41)17-47-23-6-4-5-20(15-23)27-28-24-16-25(31(28)48-33-32(27)49-37(45)39-33)30-29(24)34(42)40(35(30)43)22-13-7-18(2)8-14-22/h4-15,24-25,27-31H,3,16-17H2,1-2H3,(H,38,41)(H,39,45)/t24-,25-,27+,28-,29+,30+,31-/m1/s1. The number of nitrogens with zero attached hydrogens (tertiary/aromatic N) is 1. The van der Waals surface area contributed by atoms with Crippen LogP contribution >= 0.6 is 23.1 Å². The zero-order chi connectivity index (χ0) is 34.0.